The quantitative estimate of drug-likeness (QED) is 0.395. The summed E-state index contributed by atoms with van der Waals surface area (Å²) in [6.07, 6.45) is 0.778. The van der Waals surface area contributed by atoms with Gasteiger partial charge in [0.05, 0.1) is 5.69 Å². The number of carbonyl (C=O) groups is 1. The van der Waals surface area contributed by atoms with E-state index < -0.39 is 5.60 Å². The number of piperazine rings is 1. The van der Waals surface area contributed by atoms with Crippen LogP contribution in [0, 0.1) is 13.8 Å². The Balaban J connectivity index is 1.68. The van der Waals surface area contributed by atoms with E-state index in [1.54, 1.807) is 4.90 Å². The Labute approximate surface area is 180 Å². The highest BCUT2D eigenvalue weighted by molar-refractivity contribution is 5.79. The van der Waals surface area contributed by atoms with Crippen molar-refractivity contribution in [2.24, 2.45) is 4.99 Å². The van der Waals surface area contributed by atoms with Crippen molar-refractivity contribution >= 4 is 12.1 Å². The number of ether oxygens (including phenoxy) is 1. The molecule has 170 valence electrons. The van der Waals surface area contributed by atoms with Crippen molar-refractivity contribution in [1.29, 1.82) is 0 Å². The molecule has 1 aliphatic rings. The van der Waals surface area contributed by atoms with Gasteiger partial charge in [0.2, 0.25) is 5.89 Å². The summed E-state index contributed by atoms with van der Waals surface area (Å²) in [6, 6.07) is 0. The average molecular weight is 423 g/mol. The van der Waals surface area contributed by atoms with Crippen LogP contribution in [0.5, 0.6) is 0 Å². The summed E-state index contributed by atoms with van der Waals surface area (Å²) in [6.45, 7) is 17.7. The number of oxazole rings is 1. The molecule has 0 aliphatic carbocycles. The van der Waals surface area contributed by atoms with Crippen molar-refractivity contribution in [2.75, 3.05) is 45.8 Å². The molecule has 0 unspecified atom stereocenters. The Kier molecular flexibility index (Phi) is 8.95. The molecule has 0 saturated carbocycles. The zero-order chi connectivity index (χ0) is 22.1. The molecule has 1 saturated heterocycles. The molecule has 1 aliphatic heterocycles. The van der Waals surface area contributed by atoms with Crippen LogP contribution in [-0.2, 0) is 11.3 Å². The standard InChI is InChI=1S/C21H38N6O3/c1-7-22-19(24-15-18-25-16(2)17(3)29-18)23-9-8-10-26-11-13-27(14-12-26)20(28)30-21(4,5)6/h7-15H2,1-6H3,(H2,22,23,24). The molecule has 9 heteroatoms. The fourth-order valence-electron chi connectivity index (χ4n) is 3.09. The van der Waals surface area contributed by atoms with Crippen LogP contribution in [0.3, 0.4) is 0 Å². The highest BCUT2D eigenvalue weighted by Crippen LogP contribution is 2.12. The molecule has 1 fully saturated rings. The SMILES string of the molecule is CCNC(=NCc1nc(C)c(C)o1)NCCCN1CCN(C(=O)OC(C)(C)C)CC1. The van der Waals surface area contributed by atoms with Crippen molar-refractivity contribution in [3.63, 3.8) is 0 Å². The van der Waals surface area contributed by atoms with Gasteiger partial charge in [-0.25, -0.2) is 14.8 Å². The molecule has 2 N–H and O–H groups in total. The molecule has 9 nitrogen and oxygen atoms in total. The number of hydrogen-bond donors (Lipinski definition) is 2. The second kappa shape index (κ2) is 11.2. The predicted molar refractivity (Wildman–Crippen MR) is 118 cm³/mol. The zero-order valence-corrected chi connectivity index (χ0v) is 19.4. The maximum atomic E-state index is 12.1. The Morgan fingerprint density at radius 2 is 1.90 bits per heavy atom. The van der Waals surface area contributed by atoms with E-state index in [0.29, 0.717) is 25.5 Å². The van der Waals surface area contributed by atoms with E-state index in [9.17, 15) is 4.79 Å². The predicted octanol–water partition coefficient (Wildman–Crippen LogP) is 2.29. The first-order valence-corrected chi connectivity index (χ1v) is 10.8. The van der Waals surface area contributed by atoms with E-state index in [-0.39, 0.29) is 6.09 Å². The van der Waals surface area contributed by atoms with E-state index in [4.69, 9.17) is 9.15 Å². The number of aliphatic imine (C=N–C) groups is 1. The number of aryl methyl sites for hydroxylation is 2. The highest BCUT2D eigenvalue weighted by Gasteiger charge is 2.25. The van der Waals surface area contributed by atoms with Crippen LogP contribution >= 0.6 is 0 Å². The number of carbonyl (C=O) groups excluding carboxylic acids is 1. The molecule has 1 aromatic heterocycles. The lowest BCUT2D eigenvalue weighted by Gasteiger charge is -2.35. The van der Waals surface area contributed by atoms with Gasteiger partial charge in [-0.2, -0.15) is 0 Å². The minimum atomic E-state index is -0.448. The summed E-state index contributed by atoms with van der Waals surface area (Å²) >= 11 is 0. The third-order valence-corrected chi connectivity index (χ3v) is 4.76. The smallest absolute Gasteiger partial charge is 0.410 e. The van der Waals surface area contributed by atoms with E-state index >= 15 is 0 Å². The fraction of sp³-hybridized carbons (Fsp3) is 0.762. The summed E-state index contributed by atoms with van der Waals surface area (Å²) in [5.74, 6) is 2.23. The summed E-state index contributed by atoms with van der Waals surface area (Å²) in [7, 11) is 0. The van der Waals surface area contributed by atoms with Crippen molar-refractivity contribution < 1.29 is 13.9 Å². The molecule has 0 atom stereocenters. The summed E-state index contributed by atoms with van der Waals surface area (Å²) in [5.41, 5.74) is 0.459. The number of guanidine groups is 1. The second-order valence-corrected chi connectivity index (χ2v) is 8.53. The van der Waals surface area contributed by atoms with Crippen molar-refractivity contribution in [2.45, 2.75) is 60.1 Å². The van der Waals surface area contributed by atoms with E-state index in [1.165, 1.54) is 0 Å². The first kappa shape index (κ1) is 24.0. The molecule has 2 rings (SSSR count). The molecular weight excluding hydrogens is 384 g/mol. The van der Waals surface area contributed by atoms with Gasteiger partial charge < -0.3 is 24.7 Å². The zero-order valence-electron chi connectivity index (χ0n) is 19.4. The van der Waals surface area contributed by atoms with Crippen LogP contribution in [0.2, 0.25) is 0 Å². The first-order valence-electron chi connectivity index (χ1n) is 10.8. The average Bonchev–Trinajstić information content (AvgIpc) is 3.00. The lowest BCUT2D eigenvalue weighted by molar-refractivity contribution is 0.0145. The minimum Gasteiger partial charge on any atom is -0.444 e. The van der Waals surface area contributed by atoms with E-state index in [0.717, 1.165) is 56.6 Å². The third kappa shape index (κ3) is 8.22. The van der Waals surface area contributed by atoms with Crippen LogP contribution in [0.1, 0.15) is 51.5 Å². The van der Waals surface area contributed by atoms with Crippen LogP contribution in [-0.4, -0.2) is 78.3 Å². The number of amides is 1. The number of hydrogen-bond acceptors (Lipinski definition) is 6. The van der Waals surface area contributed by atoms with Gasteiger partial charge in [-0.1, -0.05) is 0 Å². The van der Waals surface area contributed by atoms with Crippen LogP contribution in [0.4, 0.5) is 4.79 Å². The van der Waals surface area contributed by atoms with Gasteiger partial charge in [0.25, 0.3) is 0 Å². The normalized spacial score (nSPS) is 15.9. The topological polar surface area (TPSA) is 95.2 Å². The van der Waals surface area contributed by atoms with Crippen LogP contribution in [0.25, 0.3) is 0 Å². The van der Waals surface area contributed by atoms with Crippen molar-refractivity contribution in [3.8, 4) is 0 Å². The lowest BCUT2D eigenvalue weighted by atomic mass is 10.2. The van der Waals surface area contributed by atoms with Gasteiger partial charge >= 0.3 is 6.09 Å². The van der Waals surface area contributed by atoms with E-state index in [2.05, 4.69) is 25.5 Å². The summed E-state index contributed by atoms with van der Waals surface area (Å²) < 4.78 is 11.0. The number of nitrogens with zero attached hydrogens (tertiary/aromatic N) is 4. The van der Waals surface area contributed by atoms with E-state index in [1.807, 2.05) is 41.5 Å². The van der Waals surface area contributed by atoms with Crippen LogP contribution in [0.15, 0.2) is 9.41 Å². The monoisotopic (exact) mass is 422 g/mol. The Hall–Kier alpha value is -2.29. The van der Waals surface area contributed by atoms with Gasteiger partial charge in [-0.15, -0.1) is 0 Å². The maximum Gasteiger partial charge on any atom is 0.410 e. The molecular formula is C21H38N6O3. The largest absolute Gasteiger partial charge is 0.444 e. The van der Waals surface area contributed by atoms with Gasteiger partial charge in [0.15, 0.2) is 5.96 Å². The Morgan fingerprint density at radius 3 is 2.47 bits per heavy atom. The third-order valence-electron chi connectivity index (χ3n) is 4.76. The number of rotatable bonds is 7. The number of nitrogens with one attached hydrogen (secondary N) is 2. The van der Waals surface area contributed by atoms with Gasteiger partial charge in [-0.3, -0.25) is 4.90 Å². The molecule has 0 radical (unpaired) electrons. The van der Waals surface area contributed by atoms with Crippen LogP contribution < -0.4 is 10.6 Å². The van der Waals surface area contributed by atoms with Crippen molar-refractivity contribution in [3.05, 3.63) is 17.3 Å². The molecule has 2 heterocycles. The fourth-order valence-corrected chi connectivity index (χ4v) is 3.09. The first-order chi connectivity index (χ1) is 14.2. The van der Waals surface area contributed by atoms with Gasteiger partial charge in [0, 0.05) is 39.3 Å². The van der Waals surface area contributed by atoms with Crippen molar-refractivity contribution in [1.82, 2.24) is 25.4 Å². The summed E-state index contributed by atoms with van der Waals surface area (Å²) in [4.78, 5) is 25.2. The molecule has 30 heavy (non-hydrogen) atoms. The lowest BCUT2D eigenvalue weighted by Crippen LogP contribution is -2.50. The second-order valence-electron chi connectivity index (χ2n) is 8.53. The van der Waals surface area contributed by atoms with Gasteiger partial charge in [0.1, 0.15) is 17.9 Å². The maximum absolute atomic E-state index is 12.1. The summed E-state index contributed by atoms with van der Waals surface area (Å²) in [5, 5.41) is 6.61. The molecule has 1 aromatic rings. The number of aromatic nitrogens is 1. The molecule has 1 amide bonds. The molecule has 0 spiro atoms. The Morgan fingerprint density at radius 1 is 1.20 bits per heavy atom. The highest BCUT2D eigenvalue weighted by atomic mass is 16.6. The molecule has 0 bridgehead atoms. The molecule has 0 aromatic carbocycles. The van der Waals surface area contributed by atoms with Gasteiger partial charge in [-0.05, 0) is 54.5 Å². The Bertz CT molecular complexity index is 683. The minimum absolute atomic E-state index is 0.216.